The summed E-state index contributed by atoms with van der Waals surface area (Å²) in [7, 11) is 0. The Balaban J connectivity index is 1.62. The van der Waals surface area contributed by atoms with Crippen molar-refractivity contribution in [3.05, 3.63) is 22.8 Å². The summed E-state index contributed by atoms with van der Waals surface area (Å²) >= 11 is 0. The van der Waals surface area contributed by atoms with Crippen molar-refractivity contribution in [3.8, 4) is 0 Å². The molecule has 0 aliphatic heterocycles. The number of hydrogen-bond acceptors (Lipinski definition) is 2. The van der Waals surface area contributed by atoms with Crippen LogP contribution in [-0.2, 0) is 9.59 Å². The minimum absolute atomic E-state index is 0.0669. The number of hydrogen-bond donors (Lipinski definition) is 0. The van der Waals surface area contributed by atoms with Crippen LogP contribution in [0.25, 0.3) is 0 Å². The van der Waals surface area contributed by atoms with Crippen LogP contribution < -0.4 is 0 Å². The van der Waals surface area contributed by atoms with Gasteiger partial charge in [0.15, 0.2) is 5.78 Å². The molecule has 3 saturated carbocycles. The van der Waals surface area contributed by atoms with Gasteiger partial charge in [-0.05, 0) is 85.8 Å². The van der Waals surface area contributed by atoms with E-state index in [9.17, 15) is 9.59 Å². The lowest BCUT2D eigenvalue weighted by atomic mass is 9.51. The first kappa shape index (κ1) is 17.0. The van der Waals surface area contributed by atoms with Crippen LogP contribution in [-0.4, -0.2) is 11.6 Å². The van der Waals surface area contributed by atoms with Gasteiger partial charge >= 0.3 is 0 Å². The second-order valence-corrected chi connectivity index (χ2v) is 9.91. The molecule has 2 heteroatoms. The number of carbonyl (C=O) groups excluding carboxylic acids is 2. The molecule has 2 nitrogen and oxygen atoms in total. The van der Waals surface area contributed by atoms with Crippen molar-refractivity contribution < 1.29 is 9.59 Å². The van der Waals surface area contributed by atoms with Crippen molar-refractivity contribution in [2.24, 2.45) is 29.1 Å². The molecule has 0 heterocycles. The molecule has 5 aliphatic rings. The first-order chi connectivity index (χ1) is 12.6. The molecular weight excluding hydrogens is 320 g/mol. The lowest BCUT2D eigenvalue weighted by molar-refractivity contribution is -0.129. The largest absolute Gasteiger partial charge is 0.299 e. The van der Waals surface area contributed by atoms with Crippen LogP contribution in [0.3, 0.4) is 0 Å². The minimum atomic E-state index is -0.0669. The van der Waals surface area contributed by atoms with E-state index >= 15 is 0 Å². The van der Waals surface area contributed by atoms with Gasteiger partial charge in [0.1, 0.15) is 5.78 Å². The lowest BCUT2D eigenvalue weighted by Crippen LogP contribution is -2.46. The average Bonchev–Trinajstić information content (AvgIpc) is 2.96. The molecule has 0 N–H and O–H groups in total. The van der Waals surface area contributed by atoms with Crippen molar-refractivity contribution in [1.82, 2.24) is 0 Å². The first-order valence-electron chi connectivity index (χ1n) is 11.1. The highest BCUT2D eigenvalue weighted by molar-refractivity contribution is 5.93. The summed E-state index contributed by atoms with van der Waals surface area (Å²) in [4.78, 5) is 24.9. The monoisotopic (exact) mass is 352 g/mol. The van der Waals surface area contributed by atoms with Gasteiger partial charge in [-0.2, -0.15) is 0 Å². The molecule has 5 rings (SSSR count). The van der Waals surface area contributed by atoms with E-state index in [1.165, 1.54) is 44.1 Å². The van der Waals surface area contributed by atoms with Gasteiger partial charge in [-0.25, -0.2) is 0 Å². The zero-order valence-corrected chi connectivity index (χ0v) is 16.2. The van der Waals surface area contributed by atoms with Crippen molar-refractivity contribution >= 4 is 11.6 Å². The Morgan fingerprint density at radius 3 is 2.50 bits per heavy atom. The second-order valence-electron chi connectivity index (χ2n) is 9.91. The molecule has 0 aromatic carbocycles. The van der Waals surface area contributed by atoms with E-state index in [1.807, 2.05) is 6.08 Å². The number of rotatable bonds is 1. The van der Waals surface area contributed by atoms with Crippen LogP contribution >= 0.6 is 0 Å². The summed E-state index contributed by atoms with van der Waals surface area (Å²) in [5.41, 5.74) is 4.60. The fraction of sp³-hybridized carbons (Fsp3) is 0.750. The van der Waals surface area contributed by atoms with Gasteiger partial charge in [0.25, 0.3) is 0 Å². The average molecular weight is 353 g/mol. The summed E-state index contributed by atoms with van der Waals surface area (Å²) in [6.45, 7) is 2.31. The highest BCUT2D eigenvalue weighted by Gasteiger charge is 2.57. The SMILES string of the molecule is C[C@]12C[C@@H](C3CCCCC3)C3=C4CCC(=O)C=C4CC[C@H]3[C@@H]1CCC2=O. The van der Waals surface area contributed by atoms with E-state index in [0.29, 0.717) is 35.7 Å². The van der Waals surface area contributed by atoms with E-state index in [1.54, 1.807) is 11.1 Å². The Kier molecular flexibility index (Phi) is 4.03. The lowest BCUT2D eigenvalue weighted by Gasteiger charge is -2.52. The van der Waals surface area contributed by atoms with E-state index in [2.05, 4.69) is 6.92 Å². The van der Waals surface area contributed by atoms with Crippen LogP contribution in [0.2, 0.25) is 0 Å². The standard InChI is InChI=1S/C24H32O2/c1-24-14-20(15-5-3-2-4-6-15)23-18-10-8-17(25)13-16(18)7-9-19(23)21(24)11-12-22(24)26/h13,15,19-21H,2-12,14H2,1H3/t19-,20-,21-,24-/m0/s1. The summed E-state index contributed by atoms with van der Waals surface area (Å²) in [6, 6.07) is 0. The molecule has 0 saturated heterocycles. The zero-order valence-electron chi connectivity index (χ0n) is 16.2. The number of allylic oxidation sites excluding steroid dienone is 4. The van der Waals surface area contributed by atoms with Crippen LogP contribution in [0.15, 0.2) is 22.8 Å². The van der Waals surface area contributed by atoms with Gasteiger partial charge < -0.3 is 0 Å². The number of ketones is 2. The van der Waals surface area contributed by atoms with Gasteiger partial charge in [-0.15, -0.1) is 0 Å². The highest BCUT2D eigenvalue weighted by Crippen LogP contribution is 2.62. The van der Waals surface area contributed by atoms with Crippen molar-refractivity contribution in [2.75, 3.05) is 0 Å². The third-order valence-electron chi connectivity index (χ3n) is 8.70. The molecule has 0 aromatic heterocycles. The molecule has 5 aliphatic carbocycles. The number of carbonyl (C=O) groups is 2. The predicted octanol–water partition coefficient (Wildman–Crippen LogP) is 5.57. The Hall–Kier alpha value is -1.18. The Bertz CT molecular complexity index is 706. The smallest absolute Gasteiger partial charge is 0.156 e. The minimum Gasteiger partial charge on any atom is -0.299 e. The van der Waals surface area contributed by atoms with E-state index in [-0.39, 0.29) is 5.41 Å². The van der Waals surface area contributed by atoms with Crippen molar-refractivity contribution in [1.29, 1.82) is 0 Å². The third kappa shape index (κ3) is 2.43. The fourth-order valence-corrected chi connectivity index (χ4v) is 7.45. The van der Waals surface area contributed by atoms with E-state index < -0.39 is 0 Å². The topological polar surface area (TPSA) is 34.1 Å². The summed E-state index contributed by atoms with van der Waals surface area (Å²) in [5, 5.41) is 0. The molecular formula is C24H32O2. The first-order valence-corrected chi connectivity index (χ1v) is 11.1. The molecule has 0 radical (unpaired) electrons. The third-order valence-corrected chi connectivity index (χ3v) is 8.70. The molecule has 0 unspecified atom stereocenters. The number of Topliss-reactive ketones (excluding diaryl/α,β-unsaturated/α-hetero) is 1. The molecule has 0 aromatic rings. The molecule has 0 bridgehead atoms. The molecule has 26 heavy (non-hydrogen) atoms. The summed E-state index contributed by atoms with van der Waals surface area (Å²) in [5.74, 6) is 3.44. The van der Waals surface area contributed by atoms with E-state index in [0.717, 1.165) is 38.0 Å². The Morgan fingerprint density at radius 2 is 1.69 bits per heavy atom. The predicted molar refractivity (Wildman–Crippen MR) is 103 cm³/mol. The second kappa shape index (κ2) is 6.17. The van der Waals surface area contributed by atoms with E-state index in [4.69, 9.17) is 0 Å². The van der Waals surface area contributed by atoms with Crippen LogP contribution in [0.5, 0.6) is 0 Å². The quantitative estimate of drug-likeness (QED) is 0.618. The zero-order chi connectivity index (χ0) is 17.9. The van der Waals surface area contributed by atoms with Gasteiger partial charge in [0.2, 0.25) is 0 Å². The maximum atomic E-state index is 12.9. The highest BCUT2D eigenvalue weighted by atomic mass is 16.1. The summed E-state index contributed by atoms with van der Waals surface area (Å²) in [6.07, 6.45) is 15.7. The maximum Gasteiger partial charge on any atom is 0.156 e. The molecule has 140 valence electrons. The van der Waals surface area contributed by atoms with Crippen LogP contribution in [0, 0.1) is 29.1 Å². The fourth-order valence-electron chi connectivity index (χ4n) is 7.45. The Labute approximate surface area is 157 Å². The van der Waals surface area contributed by atoms with Gasteiger partial charge in [-0.3, -0.25) is 9.59 Å². The van der Waals surface area contributed by atoms with Crippen LogP contribution in [0.4, 0.5) is 0 Å². The molecule has 4 atom stereocenters. The van der Waals surface area contributed by atoms with Crippen molar-refractivity contribution in [3.63, 3.8) is 0 Å². The number of fused-ring (bicyclic) bond motifs is 4. The Morgan fingerprint density at radius 1 is 0.885 bits per heavy atom. The van der Waals surface area contributed by atoms with Crippen molar-refractivity contribution in [2.45, 2.75) is 84.0 Å². The summed E-state index contributed by atoms with van der Waals surface area (Å²) < 4.78 is 0. The normalized spacial score (nSPS) is 40.8. The van der Waals surface area contributed by atoms with Gasteiger partial charge in [-0.1, -0.05) is 31.8 Å². The van der Waals surface area contributed by atoms with Gasteiger partial charge in [0, 0.05) is 18.3 Å². The molecule has 0 spiro atoms. The van der Waals surface area contributed by atoms with Gasteiger partial charge in [0.05, 0.1) is 0 Å². The molecule has 3 fully saturated rings. The van der Waals surface area contributed by atoms with Crippen LogP contribution in [0.1, 0.15) is 84.0 Å². The maximum absolute atomic E-state index is 12.9. The molecule has 0 amide bonds.